The van der Waals surface area contributed by atoms with Gasteiger partial charge in [0.05, 0.1) is 19.1 Å². The second-order valence-electron chi connectivity index (χ2n) is 11.9. The van der Waals surface area contributed by atoms with Crippen molar-refractivity contribution in [1.29, 1.82) is 0 Å². The number of carbonyl (C=O) groups is 2. The van der Waals surface area contributed by atoms with E-state index in [1.165, 1.54) is 25.0 Å². The number of rotatable bonds is 11. The van der Waals surface area contributed by atoms with Crippen molar-refractivity contribution in [1.82, 2.24) is 4.90 Å². The third-order valence-electron chi connectivity index (χ3n) is 8.92. The van der Waals surface area contributed by atoms with Crippen LogP contribution in [0.15, 0.2) is 54.6 Å². The number of fused-ring (bicyclic) bond motifs is 1. The van der Waals surface area contributed by atoms with Crippen LogP contribution in [0.5, 0.6) is 17.2 Å². The van der Waals surface area contributed by atoms with E-state index in [0.29, 0.717) is 62.3 Å². The molecular weight excluding hydrogens is 563 g/mol. The second kappa shape index (κ2) is 12.9. The minimum Gasteiger partial charge on any atom is -0.493 e. The van der Waals surface area contributed by atoms with Crippen molar-refractivity contribution >= 4 is 17.6 Å². The quantitative estimate of drug-likeness (QED) is 0.278. The number of ether oxygens (including phenoxy) is 3. The van der Waals surface area contributed by atoms with E-state index < -0.39 is 23.8 Å². The van der Waals surface area contributed by atoms with E-state index in [1.807, 2.05) is 61.2 Å². The summed E-state index contributed by atoms with van der Waals surface area (Å²) in [6.07, 6.45) is 3.51. The predicted octanol–water partition coefficient (Wildman–Crippen LogP) is 5.99. The van der Waals surface area contributed by atoms with E-state index in [1.54, 1.807) is 0 Å². The number of likely N-dealkylation sites (tertiary alicyclic amines) is 1. The van der Waals surface area contributed by atoms with Gasteiger partial charge >= 0.3 is 5.97 Å². The number of carboxylic acids is 1. The number of carbonyl (C=O) groups excluding carboxylic acids is 1. The molecule has 2 heterocycles. The fraction of sp³-hybridized carbons (Fsp3) is 0.429. The molecule has 1 unspecified atom stereocenters. The standard InChI is InChI=1S/C35H39FN2O6/c1-3-22-15-26(36)16-23(4-2)33(22)37-31(39)19-38-18-28(25-9-12-29-30(17-25)43-14-13-42-29)32(35(40)41)34(38)24-7-10-27(11-8-24)44-20-21-5-6-21/h7-12,15-17,21,28,32,34H,3-6,13-14,18-20H2,1-2H3,(H,37,39)(H,40,41)/t28-,32?,34+/m1/s1. The summed E-state index contributed by atoms with van der Waals surface area (Å²) in [5.74, 6) is -0.183. The fourth-order valence-electron chi connectivity index (χ4n) is 6.49. The number of anilines is 1. The van der Waals surface area contributed by atoms with Crippen LogP contribution < -0.4 is 19.5 Å². The van der Waals surface area contributed by atoms with E-state index >= 15 is 0 Å². The maximum Gasteiger partial charge on any atom is 0.309 e. The molecule has 232 valence electrons. The molecule has 3 aromatic carbocycles. The number of carboxylic acid groups (broad SMARTS) is 1. The third kappa shape index (κ3) is 6.38. The van der Waals surface area contributed by atoms with E-state index in [-0.39, 0.29) is 18.3 Å². The van der Waals surface area contributed by atoms with Gasteiger partial charge in [0.2, 0.25) is 5.91 Å². The van der Waals surface area contributed by atoms with Crippen LogP contribution in [0.4, 0.5) is 10.1 Å². The molecule has 1 amide bonds. The molecule has 9 heteroatoms. The Morgan fingerprint density at radius 2 is 1.61 bits per heavy atom. The number of hydrogen-bond acceptors (Lipinski definition) is 6. The first-order valence-electron chi connectivity index (χ1n) is 15.5. The normalized spacial score (nSPS) is 21.2. The van der Waals surface area contributed by atoms with Gasteiger partial charge in [0.15, 0.2) is 11.5 Å². The summed E-state index contributed by atoms with van der Waals surface area (Å²) >= 11 is 0. The van der Waals surface area contributed by atoms with Crippen molar-refractivity contribution in [2.45, 2.75) is 51.5 Å². The lowest BCUT2D eigenvalue weighted by atomic mass is 9.82. The summed E-state index contributed by atoms with van der Waals surface area (Å²) in [4.78, 5) is 28.6. The molecule has 3 aliphatic rings. The minimum absolute atomic E-state index is 0.0287. The van der Waals surface area contributed by atoms with E-state index in [4.69, 9.17) is 14.2 Å². The van der Waals surface area contributed by atoms with Crippen LogP contribution in [0.3, 0.4) is 0 Å². The van der Waals surface area contributed by atoms with Crippen LogP contribution in [0.25, 0.3) is 0 Å². The van der Waals surface area contributed by atoms with Crippen molar-refractivity contribution in [3.63, 3.8) is 0 Å². The Bertz CT molecular complexity index is 1500. The summed E-state index contributed by atoms with van der Waals surface area (Å²) in [5.41, 5.74) is 3.71. The number of amides is 1. The molecule has 3 aromatic rings. The Labute approximate surface area is 257 Å². The van der Waals surface area contributed by atoms with Crippen molar-refractivity contribution in [3.8, 4) is 17.2 Å². The summed E-state index contributed by atoms with van der Waals surface area (Å²) < 4.78 is 31.7. The average molecular weight is 603 g/mol. The van der Waals surface area contributed by atoms with Gasteiger partial charge < -0.3 is 24.6 Å². The van der Waals surface area contributed by atoms with Crippen LogP contribution in [0.2, 0.25) is 0 Å². The summed E-state index contributed by atoms with van der Waals surface area (Å²) in [5, 5.41) is 13.7. The van der Waals surface area contributed by atoms with E-state index in [9.17, 15) is 19.1 Å². The number of benzene rings is 3. The number of aryl methyl sites for hydroxylation is 2. The molecule has 6 rings (SSSR count). The summed E-state index contributed by atoms with van der Waals surface area (Å²) in [6.45, 7) is 5.74. The number of aliphatic carboxylic acids is 1. The number of halogens is 1. The predicted molar refractivity (Wildman–Crippen MR) is 164 cm³/mol. The Hall–Kier alpha value is -4.11. The lowest BCUT2D eigenvalue weighted by Crippen LogP contribution is -2.35. The highest BCUT2D eigenvalue weighted by molar-refractivity contribution is 5.94. The topological polar surface area (TPSA) is 97.3 Å². The van der Waals surface area contributed by atoms with Gasteiger partial charge in [0.1, 0.15) is 24.8 Å². The number of nitrogens with zero attached hydrogens (tertiary/aromatic N) is 1. The second-order valence-corrected chi connectivity index (χ2v) is 11.9. The van der Waals surface area contributed by atoms with Gasteiger partial charge in [-0.25, -0.2) is 4.39 Å². The molecular formula is C35H39FN2O6. The van der Waals surface area contributed by atoms with Crippen LogP contribution in [-0.4, -0.2) is 54.8 Å². The van der Waals surface area contributed by atoms with Gasteiger partial charge in [-0.2, -0.15) is 0 Å². The summed E-state index contributed by atoms with van der Waals surface area (Å²) in [7, 11) is 0. The van der Waals surface area contributed by atoms with Gasteiger partial charge in [-0.1, -0.05) is 32.0 Å². The van der Waals surface area contributed by atoms with Crippen molar-refractivity contribution in [3.05, 3.63) is 82.7 Å². The molecule has 2 aliphatic heterocycles. The maximum atomic E-state index is 14.2. The number of nitrogens with one attached hydrogen (secondary N) is 1. The molecule has 0 aromatic heterocycles. The SMILES string of the molecule is CCc1cc(F)cc(CC)c1NC(=O)CN1C[C@H](c2ccc3c(c2)OCCO3)C(C(=O)O)[C@@H]1c1ccc(OCC2CC2)cc1. The smallest absolute Gasteiger partial charge is 0.309 e. The minimum atomic E-state index is -0.938. The van der Waals surface area contributed by atoms with Gasteiger partial charge in [0, 0.05) is 24.2 Å². The van der Waals surface area contributed by atoms with Crippen LogP contribution in [0, 0.1) is 17.7 Å². The Balaban J connectivity index is 1.31. The molecule has 0 radical (unpaired) electrons. The van der Waals surface area contributed by atoms with Gasteiger partial charge in [-0.15, -0.1) is 0 Å². The monoisotopic (exact) mass is 602 g/mol. The Kier molecular flexibility index (Phi) is 8.75. The molecule has 3 atom stereocenters. The molecule has 1 aliphatic carbocycles. The molecule has 2 N–H and O–H groups in total. The van der Waals surface area contributed by atoms with Gasteiger partial charge in [-0.05, 0) is 90.3 Å². The zero-order valence-corrected chi connectivity index (χ0v) is 25.2. The molecule has 8 nitrogen and oxygen atoms in total. The lowest BCUT2D eigenvalue weighted by molar-refractivity contribution is -0.143. The van der Waals surface area contributed by atoms with Crippen LogP contribution in [0.1, 0.15) is 60.9 Å². The first kappa shape index (κ1) is 29.9. The van der Waals surface area contributed by atoms with Gasteiger partial charge in [-0.3, -0.25) is 14.5 Å². The number of hydrogen-bond donors (Lipinski definition) is 2. The fourth-order valence-corrected chi connectivity index (χ4v) is 6.49. The third-order valence-corrected chi connectivity index (χ3v) is 8.92. The van der Waals surface area contributed by atoms with Crippen LogP contribution >= 0.6 is 0 Å². The summed E-state index contributed by atoms with van der Waals surface area (Å²) in [6, 6.07) is 15.5. The van der Waals surface area contributed by atoms with E-state index in [0.717, 1.165) is 28.0 Å². The first-order chi connectivity index (χ1) is 21.3. The lowest BCUT2D eigenvalue weighted by Gasteiger charge is -2.27. The molecule has 1 saturated carbocycles. The first-order valence-corrected chi connectivity index (χ1v) is 15.5. The highest BCUT2D eigenvalue weighted by atomic mass is 19.1. The largest absolute Gasteiger partial charge is 0.493 e. The average Bonchev–Trinajstić information content (AvgIpc) is 3.79. The zero-order valence-electron chi connectivity index (χ0n) is 25.2. The maximum absolute atomic E-state index is 14.2. The Morgan fingerprint density at radius 1 is 0.955 bits per heavy atom. The molecule has 2 fully saturated rings. The highest BCUT2D eigenvalue weighted by Gasteiger charge is 2.48. The zero-order chi connectivity index (χ0) is 30.8. The van der Waals surface area contributed by atoms with Crippen LogP contribution in [-0.2, 0) is 22.4 Å². The molecule has 44 heavy (non-hydrogen) atoms. The van der Waals surface area contributed by atoms with Gasteiger partial charge in [0.25, 0.3) is 0 Å². The molecule has 0 bridgehead atoms. The molecule has 0 spiro atoms. The van der Waals surface area contributed by atoms with E-state index in [2.05, 4.69) is 5.32 Å². The van der Waals surface area contributed by atoms with Crippen molar-refractivity contribution in [2.24, 2.45) is 11.8 Å². The van der Waals surface area contributed by atoms with Crippen molar-refractivity contribution in [2.75, 3.05) is 38.2 Å². The highest BCUT2D eigenvalue weighted by Crippen LogP contribution is 2.47. The molecule has 1 saturated heterocycles. The van der Waals surface area contributed by atoms with Crippen molar-refractivity contribution < 1.29 is 33.3 Å². The Morgan fingerprint density at radius 3 is 2.25 bits per heavy atom.